The lowest BCUT2D eigenvalue weighted by Crippen LogP contribution is -2.07. The molecule has 0 aliphatic rings. The third-order valence-corrected chi connectivity index (χ3v) is 3.57. The highest BCUT2D eigenvalue weighted by Crippen LogP contribution is 2.28. The molecular formula is C5H3F3N2O2S2. The van der Waals surface area contributed by atoms with Crippen LogP contribution in [0.4, 0.5) is 13.2 Å². The molecule has 0 saturated carbocycles. The fraction of sp³-hybridized carbons (Fsp3) is 0.200. The maximum Gasteiger partial charge on any atom is 0.452 e. The van der Waals surface area contributed by atoms with E-state index in [1.165, 1.54) is 0 Å². The largest absolute Gasteiger partial charge is 0.452 e. The van der Waals surface area contributed by atoms with Gasteiger partial charge in [-0.15, -0.1) is 0 Å². The van der Waals surface area contributed by atoms with Crippen molar-refractivity contribution < 1.29 is 21.6 Å². The minimum absolute atomic E-state index is 0.168. The Bertz CT molecular complexity index is 448. The average Bonchev–Trinajstić information content (AvgIpc) is 2.51. The molecule has 0 aliphatic heterocycles. The zero-order valence-corrected chi connectivity index (χ0v) is 8.08. The number of hydrogen-bond donors (Lipinski definition) is 0. The van der Waals surface area contributed by atoms with Gasteiger partial charge in [0.15, 0.2) is 0 Å². The molecule has 0 radical (unpaired) electrons. The third-order valence-electron chi connectivity index (χ3n) is 1.12. The number of rotatable bonds is 2. The molecule has 1 aromatic rings. The molecule has 0 aliphatic carbocycles. The molecule has 0 saturated heterocycles. The van der Waals surface area contributed by atoms with Gasteiger partial charge in [-0.2, -0.15) is 22.5 Å². The number of hydrogen-bond acceptors (Lipinski definition) is 5. The van der Waals surface area contributed by atoms with Crippen LogP contribution in [0.2, 0.25) is 0 Å². The van der Waals surface area contributed by atoms with Gasteiger partial charge in [0, 0.05) is 5.41 Å². The number of halogens is 3. The van der Waals surface area contributed by atoms with E-state index < -0.39 is 26.2 Å². The van der Waals surface area contributed by atoms with Gasteiger partial charge >= 0.3 is 6.18 Å². The van der Waals surface area contributed by atoms with Crippen LogP contribution in [0.1, 0.15) is 5.82 Å². The highest BCUT2D eigenvalue weighted by Gasteiger charge is 2.37. The number of nitrogens with zero attached hydrogens (tertiary/aromatic N) is 2. The van der Waals surface area contributed by atoms with Gasteiger partial charge in [-0.05, 0) is 11.5 Å². The van der Waals surface area contributed by atoms with E-state index in [0.717, 1.165) is 0 Å². The lowest BCUT2D eigenvalue weighted by molar-refractivity contribution is -0.144. The molecule has 0 N–H and O–H groups in total. The number of alkyl halides is 3. The molecule has 0 amide bonds. The normalized spacial score (nSPS) is 12.8. The second-order valence-corrected chi connectivity index (χ2v) is 4.91. The quantitative estimate of drug-likeness (QED) is 0.790. The molecular weight excluding hydrogens is 241 g/mol. The molecule has 0 bridgehead atoms. The van der Waals surface area contributed by atoms with Crippen LogP contribution in [0.25, 0.3) is 0 Å². The van der Waals surface area contributed by atoms with Crippen LogP contribution >= 0.6 is 11.5 Å². The summed E-state index contributed by atoms with van der Waals surface area (Å²) in [5.41, 5.74) is 0. The molecule has 78 valence electrons. The molecule has 9 heteroatoms. The van der Waals surface area contributed by atoms with Gasteiger partial charge in [-0.1, -0.05) is 6.58 Å². The second kappa shape index (κ2) is 3.31. The van der Waals surface area contributed by atoms with E-state index in [1.807, 2.05) is 0 Å². The van der Waals surface area contributed by atoms with Gasteiger partial charge < -0.3 is 0 Å². The van der Waals surface area contributed by atoms with E-state index in [-0.39, 0.29) is 11.5 Å². The topological polar surface area (TPSA) is 59.9 Å². The van der Waals surface area contributed by atoms with E-state index in [4.69, 9.17) is 0 Å². The highest BCUT2D eigenvalue weighted by atomic mass is 32.2. The summed E-state index contributed by atoms with van der Waals surface area (Å²) in [6.45, 7) is 2.95. The van der Waals surface area contributed by atoms with E-state index in [1.54, 1.807) is 0 Å². The summed E-state index contributed by atoms with van der Waals surface area (Å²) in [7, 11) is -3.93. The van der Waals surface area contributed by atoms with Crippen LogP contribution in [-0.2, 0) is 16.0 Å². The summed E-state index contributed by atoms with van der Waals surface area (Å²) in [6, 6.07) is 0. The summed E-state index contributed by atoms with van der Waals surface area (Å²) in [6.07, 6.45) is -4.73. The van der Waals surface area contributed by atoms with Gasteiger partial charge in [0.25, 0.3) is 0 Å². The van der Waals surface area contributed by atoms with E-state index in [0.29, 0.717) is 5.41 Å². The van der Waals surface area contributed by atoms with E-state index in [2.05, 4.69) is 15.9 Å². The van der Waals surface area contributed by atoms with Crippen LogP contribution < -0.4 is 0 Å². The third kappa shape index (κ3) is 2.10. The van der Waals surface area contributed by atoms with Gasteiger partial charge in [0.05, 0.1) is 0 Å². The van der Waals surface area contributed by atoms with Crippen LogP contribution in [0.5, 0.6) is 0 Å². The molecule has 0 fully saturated rings. The van der Waals surface area contributed by atoms with Gasteiger partial charge in [-0.3, -0.25) is 0 Å². The zero-order chi connectivity index (χ0) is 11.0. The summed E-state index contributed by atoms with van der Waals surface area (Å²) in [4.78, 5) is 2.85. The van der Waals surface area contributed by atoms with Crippen molar-refractivity contribution in [2.45, 2.75) is 10.5 Å². The summed E-state index contributed by atoms with van der Waals surface area (Å²) in [5.74, 6) is -1.46. The fourth-order valence-corrected chi connectivity index (χ4v) is 2.04. The first-order valence-electron chi connectivity index (χ1n) is 3.06. The molecule has 0 unspecified atom stereocenters. The Kier molecular flexibility index (Phi) is 2.63. The van der Waals surface area contributed by atoms with Crippen LogP contribution in [0.3, 0.4) is 0 Å². The minimum Gasteiger partial charge on any atom is -0.217 e. The van der Waals surface area contributed by atoms with Crippen molar-refractivity contribution in [3.8, 4) is 0 Å². The Labute approximate surface area is 81.2 Å². The average molecular weight is 244 g/mol. The van der Waals surface area contributed by atoms with Crippen LogP contribution in [0, 0.1) is 0 Å². The smallest absolute Gasteiger partial charge is 0.217 e. The minimum atomic E-state index is -4.73. The van der Waals surface area contributed by atoms with Crippen molar-refractivity contribution in [1.82, 2.24) is 9.36 Å². The molecule has 1 aromatic heterocycles. The summed E-state index contributed by atoms with van der Waals surface area (Å²) >= 11 is 0.168. The Balaban J connectivity index is 3.19. The Morgan fingerprint density at radius 3 is 2.36 bits per heavy atom. The summed E-state index contributed by atoms with van der Waals surface area (Å²) in [5, 5.41) is 0.521. The van der Waals surface area contributed by atoms with Crippen molar-refractivity contribution in [1.29, 1.82) is 0 Å². The predicted octanol–water partition coefficient (Wildman–Crippen LogP) is 1.47. The number of sulfone groups is 1. The van der Waals surface area contributed by atoms with Crippen LogP contribution in [0.15, 0.2) is 16.3 Å². The molecule has 4 nitrogen and oxygen atoms in total. The molecule has 0 spiro atoms. The number of aromatic nitrogens is 2. The maximum atomic E-state index is 12.0. The van der Waals surface area contributed by atoms with Crippen molar-refractivity contribution >= 4 is 21.4 Å². The van der Waals surface area contributed by atoms with Crippen molar-refractivity contribution in [2.75, 3.05) is 0 Å². The van der Waals surface area contributed by atoms with Crippen molar-refractivity contribution in [3.63, 3.8) is 0 Å². The Morgan fingerprint density at radius 2 is 2.00 bits per heavy atom. The standard InChI is InChI=1S/C5H3F3N2O2S2/c1-2-14(11,12)4-9-3(10-13-4)5(6,7)8/h2H,1H2. The van der Waals surface area contributed by atoms with Gasteiger partial charge in [0.2, 0.25) is 20.0 Å². The van der Waals surface area contributed by atoms with Crippen molar-refractivity contribution in [3.05, 3.63) is 17.8 Å². The first kappa shape index (κ1) is 11.1. The maximum absolute atomic E-state index is 12.0. The molecule has 1 rings (SSSR count). The van der Waals surface area contributed by atoms with E-state index >= 15 is 0 Å². The predicted molar refractivity (Wildman–Crippen MR) is 42.3 cm³/mol. The molecule has 14 heavy (non-hydrogen) atoms. The fourth-order valence-electron chi connectivity index (χ4n) is 0.512. The highest BCUT2D eigenvalue weighted by molar-refractivity contribution is 7.95. The Morgan fingerprint density at radius 1 is 1.43 bits per heavy atom. The SMILES string of the molecule is C=CS(=O)(=O)c1nc(C(F)(F)F)ns1. The van der Waals surface area contributed by atoms with Crippen LogP contribution in [-0.4, -0.2) is 17.8 Å². The summed E-state index contributed by atoms with van der Waals surface area (Å²) < 4.78 is 60.0. The molecule has 0 aromatic carbocycles. The molecule has 1 heterocycles. The molecule has 0 atom stereocenters. The van der Waals surface area contributed by atoms with Crippen molar-refractivity contribution in [2.24, 2.45) is 0 Å². The zero-order valence-electron chi connectivity index (χ0n) is 6.45. The van der Waals surface area contributed by atoms with Gasteiger partial charge in [-0.25, -0.2) is 8.42 Å². The van der Waals surface area contributed by atoms with E-state index in [9.17, 15) is 21.6 Å². The Hall–Kier alpha value is -0.960. The first-order chi connectivity index (χ1) is 6.27. The lowest BCUT2D eigenvalue weighted by Gasteiger charge is -1.97. The lowest BCUT2D eigenvalue weighted by atomic mass is 10.6. The second-order valence-electron chi connectivity index (χ2n) is 2.09. The van der Waals surface area contributed by atoms with Gasteiger partial charge in [0.1, 0.15) is 0 Å². The first-order valence-corrected chi connectivity index (χ1v) is 5.38. The monoisotopic (exact) mass is 244 g/mol.